The van der Waals surface area contributed by atoms with Gasteiger partial charge in [-0.2, -0.15) is 0 Å². The number of fused-ring (bicyclic) bond motifs is 5. The number of ketones is 1. The standard InChI is InChI=1S/C29H34O9/c1-15(30)37-21-7-6-17-18(29(4)19(12-22(32)35-5)28(21,3)13-20(29)31)8-10-27(2)23(17)24(33)26(34)38-25(27)16-9-11-36-14-16/h6-7,9,11,14,18-19,21,24-25,33H,8,10,12-13H2,1-5H3/t18-,19+,21+,24+,25-,27+,28+,29+/m0/s1. The third-order valence-electron chi connectivity index (χ3n) is 9.79. The van der Waals surface area contributed by atoms with Gasteiger partial charge in [-0.05, 0) is 48.0 Å². The number of carbonyl (C=O) groups is 4. The fourth-order valence-electron chi connectivity index (χ4n) is 7.85. The van der Waals surface area contributed by atoms with E-state index in [9.17, 15) is 24.3 Å². The molecule has 1 N–H and O–H groups in total. The summed E-state index contributed by atoms with van der Waals surface area (Å²) in [6.45, 7) is 7.01. The van der Waals surface area contributed by atoms with Crippen LogP contribution in [0.2, 0.25) is 0 Å². The molecule has 1 aromatic heterocycles. The quantitative estimate of drug-likeness (QED) is 0.462. The van der Waals surface area contributed by atoms with Gasteiger partial charge in [0.25, 0.3) is 0 Å². The fourth-order valence-corrected chi connectivity index (χ4v) is 7.85. The molecule has 38 heavy (non-hydrogen) atoms. The number of furan rings is 1. The Morgan fingerprint density at radius 1 is 1.21 bits per heavy atom. The number of hydrogen-bond acceptors (Lipinski definition) is 9. The molecule has 5 rings (SSSR count). The second kappa shape index (κ2) is 8.93. The van der Waals surface area contributed by atoms with E-state index in [1.54, 1.807) is 12.1 Å². The van der Waals surface area contributed by atoms with E-state index in [0.717, 1.165) is 0 Å². The van der Waals surface area contributed by atoms with Crippen molar-refractivity contribution in [1.82, 2.24) is 0 Å². The van der Waals surface area contributed by atoms with Crippen molar-refractivity contribution < 1.29 is 42.9 Å². The lowest BCUT2D eigenvalue weighted by molar-refractivity contribution is -0.175. The van der Waals surface area contributed by atoms with E-state index in [1.807, 2.05) is 26.8 Å². The Morgan fingerprint density at radius 2 is 1.95 bits per heavy atom. The van der Waals surface area contributed by atoms with Crippen molar-refractivity contribution >= 4 is 23.7 Å². The maximum Gasteiger partial charge on any atom is 0.339 e. The van der Waals surface area contributed by atoms with Gasteiger partial charge >= 0.3 is 17.9 Å². The number of cyclic esters (lactones) is 1. The van der Waals surface area contributed by atoms with Crippen molar-refractivity contribution in [2.45, 2.75) is 71.7 Å². The third kappa shape index (κ3) is 3.61. The van der Waals surface area contributed by atoms with E-state index in [0.29, 0.717) is 29.6 Å². The molecule has 1 aliphatic heterocycles. The van der Waals surface area contributed by atoms with Gasteiger partial charge in [-0.1, -0.05) is 26.8 Å². The van der Waals surface area contributed by atoms with Gasteiger partial charge < -0.3 is 23.7 Å². The van der Waals surface area contributed by atoms with E-state index >= 15 is 0 Å². The average molecular weight is 527 g/mol. The number of aliphatic hydroxyl groups excluding tert-OH is 1. The Morgan fingerprint density at radius 3 is 2.58 bits per heavy atom. The number of rotatable bonds is 4. The number of Topliss-reactive ketones (excluding diaryl/α,β-unsaturated/α-hetero) is 1. The molecule has 0 spiro atoms. The molecule has 0 amide bonds. The van der Waals surface area contributed by atoms with Gasteiger partial charge in [-0.15, -0.1) is 0 Å². The van der Waals surface area contributed by atoms with Crippen LogP contribution >= 0.6 is 0 Å². The van der Waals surface area contributed by atoms with Crippen LogP contribution in [-0.4, -0.2) is 48.1 Å². The number of ether oxygens (including phenoxy) is 3. The summed E-state index contributed by atoms with van der Waals surface area (Å²) < 4.78 is 21.8. The summed E-state index contributed by atoms with van der Waals surface area (Å²) in [6, 6.07) is 1.74. The van der Waals surface area contributed by atoms with Gasteiger partial charge in [0.15, 0.2) is 6.10 Å². The van der Waals surface area contributed by atoms with Crippen molar-refractivity contribution in [3.63, 3.8) is 0 Å². The van der Waals surface area contributed by atoms with Crippen molar-refractivity contribution in [3.05, 3.63) is 47.5 Å². The summed E-state index contributed by atoms with van der Waals surface area (Å²) in [5.41, 5.74) is -0.817. The minimum atomic E-state index is -1.53. The average Bonchev–Trinajstić information content (AvgIpc) is 3.46. The first-order chi connectivity index (χ1) is 17.9. The fraction of sp³-hybridized carbons (Fsp3) is 0.586. The zero-order chi connectivity index (χ0) is 27.6. The minimum Gasteiger partial charge on any atom is -0.472 e. The molecule has 0 radical (unpaired) electrons. The van der Waals surface area contributed by atoms with Gasteiger partial charge in [0, 0.05) is 41.6 Å². The summed E-state index contributed by atoms with van der Waals surface area (Å²) in [5.74, 6) is -2.67. The minimum absolute atomic E-state index is 0.0283. The van der Waals surface area contributed by atoms with Crippen molar-refractivity contribution in [3.8, 4) is 0 Å². The van der Waals surface area contributed by atoms with Crippen molar-refractivity contribution in [2.75, 3.05) is 7.11 Å². The van der Waals surface area contributed by atoms with Crippen molar-refractivity contribution in [1.29, 1.82) is 0 Å². The normalized spacial score (nSPS) is 40.0. The Balaban J connectivity index is 1.76. The molecule has 1 saturated carbocycles. The molecule has 2 bridgehead atoms. The van der Waals surface area contributed by atoms with Crippen LogP contribution in [0.25, 0.3) is 0 Å². The van der Waals surface area contributed by atoms with E-state index in [1.165, 1.54) is 26.6 Å². The Bertz CT molecular complexity index is 1240. The highest BCUT2D eigenvalue weighted by atomic mass is 16.6. The molecule has 4 aliphatic rings. The van der Waals surface area contributed by atoms with Gasteiger partial charge in [0.05, 0.1) is 19.6 Å². The van der Waals surface area contributed by atoms with Crippen molar-refractivity contribution in [2.24, 2.45) is 28.1 Å². The summed E-state index contributed by atoms with van der Waals surface area (Å²) in [5, 5.41) is 11.3. The Kier molecular flexibility index (Phi) is 6.21. The number of hydrogen-bond donors (Lipinski definition) is 1. The second-order valence-electron chi connectivity index (χ2n) is 11.8. The molecule has 9 heteroatoms. The van der Waals surface area contributed by atoms with Gasteiger partial charge in [0.1, 0.15) is 18.0 Å². The van der Waals surface area contributed by atoms with Crippen LogP contribution in [0.3, 0.4) is 0 Å². The van der Waals surface area contributed by atoms with Gasteiger partial charge in [-0.25, -0.2) is 4.79 Å². The highest BCUT2D eigenvalue weighted by Gasteiger charge is 2.67. The summed E-state index contributed by atoms with van der Waals surface area (Å²) in [6.07, 6.45) is 4.74. The van der Waals surface area contributed by atoms with E-state index < -0.39 is 58.4 Å². The molecule has 0 aromatic carbocycles. The number of esters is 3. The zero-order valence-electron chi connectivity index (χ0n) is 22.3. The topological polar surface area (TPSA) is 129 Å². The Hall–Kier alpha value is -3.20. The maximum atomic E-state index is 14.0. The summed E-state index contributed by atoms with van der Waals surface area (Å²) in [7, 11) is 1.31. The highest BCUT2D eigenvalue weighted by Crippen LogP contribution is 2.66. The predicted octanol–water partition coefficient (Wildman–Crippen LogP) is 3.62. The SMILES string of the molecule is COC(=O)C[C@@H]1[C@@]2(C)CC(=O)[C@]1(C)[C@H]1CC[C@]3(C)C(=C1C=C[C@H]2OC(C)=O)[C@@H](O)C(=O)O[C@H]3c1ccoc1. The lowest BCUT2D eigenvalue weighted by Gasteiger charge is -2.53. The molecule has 204 valence electrons. The number of methoxy groups -OCH3 is 1. The number of allylic oxidation sites excluding steroid dienone is 2. The zero-order valence-corrected chi connectivity index (χ0v) is 22.3. The first kappa shape index (κ1) is 26.4. The second-order valence-corrected chi connectivity index (χ2v) is 11.8. The lowest BCUT2D eigenvalue weighted by Crippen LogP contribution is -2.53. The lowest BCUT2D eigenvalue weighted by atomic mass is 9.52. The maximum absolute atomic E-state index is 14.0. The van der Waals surface area contributed by atoms with E-state index in [-0.39, 0.29) is 24.5 Å². The van der Waals surface area contributed by atoms with Crippen LogP contribution in [0.5, 0.6) is 0 Å². The molecular weight excluding hydrogens is 492 g/mol. The number of carbonyl (C=O) groups excluding carboxylic acids is 4. The first-order valence-electron chi connectivity index (χ1n) is 13.0. The van der Waals surface area contributed by atoms with E-state index in [4.69, 9.17) is 18.6 Å². The van der Waals surface area contributed by atoms with Crippen LogP contribution in [-0.2, 0) is 33.4 Å². The number of aliphatic hydroxyl groups is 1. The molecule has 2 heterocycles. The monoisotopic (exact) mass is 526 g/mol. The largest absolute Gasteiger partial charge is 0.472 e. The first-order valence-corrected chi connectivity index (χ1v) is 13.0. The van der Waals surface area contributed by atoms with Crippen LogP contribution < -0.4 is 0 Å². The Labute approximate surface area is 221 Å². The summed E-state index contributed by atoms with van der Waals surface area (Å²) >= 11 is 0. The molecular formula is C29H34O9. The van der Waals surface area contributed by atoms with Crippen LogP contribution in [0.15, 0.2) is 46.3 Å². The summed E-state index contributed by atoms with van der Waals surface area (Å²) in [4.78, 5) is 51.8. The predicted molar refractivity (Wildman–Crippen MR) is 132 cm³/mol. The smallest absolute Gasteiger partial charge is 0.339 e. The molecule has 0 unspecified atom stereocenters. The molecule has 1 saturated heterocycles. The van der Waals surface area contributed by atoms with Crippen LogP contribution in [0.1, 0.15) is 65.0 Å². The van der Waals surface area contributed by atoms with E-state index in [2.05, 4.69) is 0 Å². The van der Waals surface area contributed by atoms with Crippen LogP contribution in [0.4, 0.5) is 0 Å². The third-order valence-corrected chi connectivity index (χ3v) is 9.79. The molecule has 2 fully saturated rings. The molecule has 9 nitrogen and oxygen atoms in total. The van der Waals surface area contributed by atoms with Gasteiger partial charge in [0.2, 0.25) is 0 Å². The molecule has 1 aromatic rings. The van der Waals surface area contributed by atoms with Crippen LogP contribution in [0, 0.1) is 28.1 Å². The molecule has 8 atom stereocenters. The highest BCUT2D eigenvalue weighted by molar-refractivity contribution is 5.91. The van der Waals surface area contributed by atoms with Gasteiger partial charge in [-0.3, -0.25) is 14.4 Å². The molecule has 3 aliphatic carbocycles.